The summed E-state index contributed by atoms with van der Waals surface area (Å²) >= 11 is 1.95. The smallest absolute Gasteiger partial charge is 0.119 e. The lowest BCUT2D eigenvalue weighted by atomic mass is 10.3. The fraction of sp³-hybridized carbons (Fsp3) is 0.500. The minimum absolute atomic E-state index is 0.799. The predicted molar refractivity (Wildman–Crippen MR) is 67.6 cm³/mol. The summed E-state index contributed by atoms with van der Waals surface area (Å²) in [6.45, 7) is 1.60. The van der Waals surface area contributed by atoms with Gasteiger partial charge in [0.2, 0.25) is 0 Å². The average Bonchev–Trinajstić information content (AvgIpc) is 2.29. The maximum Gasteiger partial charge on any atom is 0.119 e. The molecule has 0 aliphatic rings. The van der Waals surface area contributed by atoms with Gasteiger partial charge in [-0.15, -0.1) is 0 Å². The zero-order chi connectivity index (χ0) is 10.8. The van der Waals surface area contributed by atoms with Gasteiger partial charge in [-0.3, -0.25) is 0 Å². The maximum absolute atomic E-state index is 5.57. The molecule has 15 heavy (non-hydrogen) atoms. The van der Waals surface area contributed by atoms with Crippen LogP contribution in [0.5, 0.6) is 5.75 Å². The molecule has 84 valence electrons. The Balaban J connectivity index is 1.93. The van der Waals surface area contributed by atoms with E-state index in [0.29, 0.717) is 0 Å². The normalized spacial score (nSPS) is 10.2. The average molecular weight is 225 g/mol. The van der Waals surface area contributed by atoms with Crippen molar-refractivity contribution in [1.82, 2.24) is 0 Å². The van der Waals surface area contributed by atoms with Crippen LogP contribution in [0, 0.1) is 0 Å². The molecule has 0 aliphatic heterocycles. The van der Waals surface area contributed by atoms with Gasteiger partial charge in [-0.25, -0.2) is 0 Å². The Labute approximate surface area is 96.2 Å². The van der Waals surface area contributed by atoms with E-state index in [-0.39, 0.29) is 0 Å². The van der Waals surface area contributed by atoms with Gasteiger partial charge in [0.05, 0.1) is 6.61 Å². The van der Waals surface area contributed by atoms with Crippen LogP contribution in [0.1, 0.15) is 12.8 Å². The largest absolute Gasteiger partial charge is 0.494 e. The van der Waals surface area contributed by atoms with E-state index in [0.717, 1.165) is 37.5 Å². The molecule has 0 saturated carbocycles. The fourth-order valence-electron chi connectivity index (χ4n) is 1.16. The van der Waals surface area contributed by atoms with Crippen molar-refractivity contribution in [1.29, 1.82) is 0 Å². The van der Waals surface area contributed by atoms with Gasteiger partial charge in [0.1, 0.15) is 5.75 Å². The highest BCUT2D eigenvalue weighted by molar-refractivity contribution is 7.99. The van der Waals surface area contributed by atoms with Crippen molar-refractivity contribution in [3.63, 3.8) is 0 Å². The van der Waals surface area contributed by atoms with Gasteiger partial charge in [-0.05, 0) is 43.0 Å². The molecule has 2 nitrogen and oxygen atoms in total. The number of nitrogens with two attached hydrogens (primary N) is 1. The van der Waals surface area contributed by atoms with E-state index in [9.17, 15) is 0 Å². The number of hydrogen-bond acceptors (Lipinski definition) is 3. The van der Waals surface area contributed by atoms with Crippen LogP contribution in [0.2, 0.25) is 0 Å². The molecule has 0 atom stereocenters. The second-order valence-corrected chi connectivity index (χ2v) is 4.49. The summed E-state index contributed by atoms with van der Waals surface area (Å²) in [5.41, 5.74) is 5.41. The number of ether oxygens (including phenoxy) is 1. The molecular formula is C12H19NOS. The lowest BCUT2D eigenvalue weighted by Crippen LogP contribution is -2.01. The van der Waals surface area contributed by atoms with E-state index in [1.165, 1.54) is 5.75 Å². The van der Waals surface area contributed by atoms with Gasteiger partial charge in [0.25, 0.3) is 0 Å². The van der Waals surface area contributed by atoms with Crippen LogP contribution in [-0.2, 0) is 0 Å². The molecule has 1 rings (SSSR count). The Hall–Kier alpha value is -0.670. The van der Waals surface area contributed by atoms with Gasteiger partial charge >= 0.3 is 0 Å². The van der Waals surface area contributed by atoms with E-state index in [1.807, 2.05) is 42.1 Å². The first-order valence-corrected chi connectivity index (χ1v) is 6.54. The van der Waals surface area contributed by atoms with Crippen molar-refractivity contribution in [2.75, 3.05) is 24.7 Å². The highest BCUT2D eigenvalue weighted by Gasteiger charge is 1.92. The zero-order valence-electron chi connectivity index (χ0n) is 9.02. The Morgan fingerprint density at radius 3 is 2.53 bits per heavy atom. The monoisotopic (exact) mass is 225 g/mol. The first kappa shape index (κ1) is 12.4. The molecule has 0 heterocycles. The Morgan fingerprint density at radius 2 is 1.80 bits per heavy atom. The summed E-state index contributed by atoms with van der Waals surface area (Å²) in [6, 6.07) is 9.95. The third-order valence-electron chi connectivity index (χ3n) is 1.94. The molecule has 2 N–H and O–H groups in total. The molecule has 0 spiro atoms. The molecule has 0 bridgehead atoms. The van der Waals surface area contributed by atoms with Crippen LogP contribution in [0.3, 0.4) is 0 Å². The van der Waals surface area contributed by atoms with Crippen molar-refractivity contribution in [3.05, 3.63) is 30.3 Å². The molecule has 0 fully saturated rings. The topological polar surface area (TPSA) is 35.2 Å². The summed E-state index contributed by atoms with van der Waals surface area (Å²) in [7, 11) is 0. The Kier molecular flexibility index (Phi) is 7.13. The van der Waals surface area contributed by atoms with Crippen LogP contribution < -0.4 is 10.5 Å². The van der Waals surface area contributed by atoms with Gasteiger partial charge < -0.3 is 10.5 Å². The summed E-state index contributed by atoms with van der Waals surface area (Å²) in [4.78, 5) is 0. The number of hydrogen-bond donors (Lipinski definition) is 1. The van der Waals surface area contributed by atoms with E-state index in [2.05, 4.69) is 0 Å². The summed E-state index contributed by atoms with van der Waals surface area (Å²) in [5, 5.41) is 0. The Bertz CT molecular complexity index is 241. The second-order valence-electron chi connectivity index (χ2n) is 3.27. The van der Waals surface area contributed by atoms with Crippen molar-refractivity contribution in [2.45, 2.75) is 12.8 Å². The first-order valence-electron chi connectivity index (χ1n) is 5.39. The standard InChI is InChI=1S/C12H19NOS/c13-8-4-10-15-11-5-9-14-12-6-2-1-3-7-12/h1-3,6-7H,4-5,8-11,13H2. The molecule has 0 amide bonds. The minimum Gasteiger partial charge on any atom is -0.494 e. The van der Waals surface area contributed by atoms with Gasteiger partial charge in [-0.1, -0.05) is 18.2 Å². The van der Waals surface area contributed by atoms with Gasteiger partial charge in [0, 0.05) is 0 Å². The molecule has 0 saturated heterocycles. The third-order valence-corrected chi connectivity index (χ3v) is 3.09. The van der Waals surface area contributed by atoms with Gasteiger partial charge in [-0.2, -0.15) is 11.8 Å². The summed E-state index contributed by atoms with van der Waals surface area (Å²) < 4.78 is 5.57. The molecule has 3 heteroatoms. The van der Waals surface area contributed by atoms with Crippen molar-refractivity contribution in [3.8, 4) is 5.75 Å². The number of para-hydroxylation sites is 1. The van der Waals surface area contributed by atoms with E-state index >= 15 is 0 Å². The summed E-state index contributed by atoms with van der Waals surface area (Å²) in [6.07, 6.45) is 2.22. The van der Waals surface area contributed by atoms with E-state index < -0.39 is 0 Å². The molecule has 0 radical (unpaired) electrons. The van der Waals surface area contributed by atoms with Crippen LogP contribution in [0.25, 0.3) is 0 Å². The lowest BCUT2D eigenvalue weighted by Gasteiger charge is -2.05. The zero-order valence-corrected chi connectivity index (χ0v) is 9.84. The summed E-state index contributed by atoms with van der Waals surface area (Å²) in [5.74, 6) is 3.29. The highest BCUT2D eigenvalue weighted by atomic mass is 32.2. The molecule has 1 aromatic carbocycles. The maximum atomic E-state index is 5.57. The number of benzene rings is 1. The SMILES string of the molecule is NCCCSCCCOc1ccccc1. The van der Waals surface area contributed by atoms with Crippen molar-refractivity contribution >= 4 is 11.8 Å². The van der Waals surface area contributed by atoms with E-state index in [1.54, 1.807) is 0 Å². The molecule has 0 aliphatic carbocycles. The minimum atomic E-state index is 0.799. The third kappa shape index (κ3) is 6.42. The number of thioether (sulfide) groups is 1. The van der Waals surface area contributed by atoms with Crippen LogP contribution in [-0.4, -0.2) is 24.7 Å². The van der Waals surface area contributed by atoms with Crippen LogP contribution >= 0.6 is 11.8 Å². The lowest BCUT2D eigenvalue weighted by molar-refractivity contribution is 0.318. The van der Waals surface area contributed by atoms with Crippen LogP contribution in [0.4, 0.5) is 0 Å². The Morgan fingerprint density at radius 1 is 1.07 bits per heavy atom. The van der Waals surface area contributed by atoms with Crippen LogP contribution in [0.15, 0.2) is 30.3 Å². The van der Waals surface area contributed by atoms with Crippen molar-refractivity contribution < 1.29 is 4.74 Å². The highest BCUT2D eigenvalue weighted by Crippen LogP contribution is 2.09. The molecular weight excluding hydrogens is 206 g/mol. The quantitative estimate of drug-likeness (QED) is 0.691. The van der Waals surface area contributed by atoms with E-state index in [4.69, 9.17) is 10.5 Å². The van der Waals surface area contributed by atoms with Crippen molar-refractivity contribution in [2.24, 2.45) is 5.73 Å². The first-order chi connectivity index (χ1) is 7.43. The molecule has 0 aromatic heterocycles. The predicted octanol–water partition coefficient (Wildman–Crippen LogP) is 2.54. The number of rotatable bonds is 8. The fourth-order valence-corrected chi connectivity index (χ4v) is 2.05. The molecule has 0 unspecified atom stereocenters. The molecule has 1 aromatic rings. The van der Waals surface area contributed by atoms with Gasteiger partial charge in [0.15, 0.2) is 0 Å². The second kappa shape index (κ2) is 8.62.